The maximum Gasteiger partial charge on any atom is 0.235 e. The van der Waals surface area contributed by atoms with Crippen LogP contribution in [0.4, 0.5) is 28.8 Å². The van der Waals surface area contributed by atoms with E-state index in [0.717, 1.165) is 16.8 Å². The Morgan fingerprint density at radius 3 is 2.74 bits per heavy atom. The van der Waals surface area contributed by atoms with E-state index >= 15 is 0 Å². The van der Waals surface area contributed by atoms with Crippen molar-refractivity contribution in [1.29, 1.82) is 0 Å². The maximum absolute atomic E-state index is 12.7. The molecule has 3 aromatic rings. The molecule has 1 atom stereocenters. The number of rotatable bonds is 7. The summed E-state index contributed by atoms with van der Waals surface area (Å²) >= 11 is 6.37. The van der Waals surface area contributed by atoms with Crippen LogP contribution in [0.5, 0.6) is 5.75 Å². The van der Waals surface area contributed by atoms with Gasteiger partial charge in [0.15, 0.2) is 5.82 Å². The number of benzene rings is 2. The summed E-state index contributed by atoms with van der Waals surface area (Å²) in [5.74, 6) is 1.39. The molecule has 0 bridgehead atoms. The van der Waals surface area contributed by atoms with Crippen LogP contribution >= 0.6 is 18.7 Å². The van der Waals surface area contributed by atoms with E-state index in [1.807, 2.05) is 42.5 Å². The van der Waals surface area contributed by atoms with Crippen LogP contribution in [-0.4, -0.2) is 68.3 Å². The van der Waals surface area contributed by atoms with Crippen LogP contribution in [0.1, 0.15) is 0 Å². The predicted molar refractivity (Wildman–Crippen MR) is 153 cm³/mol. The fraction of sp³-hybridized carbons (Fsp3) is 0.280. The Hall–Kier alpha value is -3.11. The third-order valence-corrected chi connectivity index (χ3v) is 9.75. The highest BCUT2D eigenvalue weighted by Gasteiger charge is 2.36. The van der Waals surface area contributed by atoms with Crippen molar-refractivity contribution in [2.75, 3.05) is 55.1 Å². The van der Waals surface area contributed by atoms with Crippen molar-refractivity contribution < 1.29 is 17.7 Å². The normalized spacial score (nSPS) is 17.7. The highest BCUT2D eigenvalue weighted by molar-refractivity contribution is 7.92. The van der Waals surface area contributed by atoms with E-state index in [9.17, 15) is 13.0 Å². The lowest BCUT2D eigenvalue weighted by atomic mass is 10.1. The first kappa shape index (κ1) is 26.5. The monoisotopic (exact) mass is 574 g/mol. The molecule has 1 aromatic heterocycles. The molecule has 0 radical (unpaired) electrons. The van der Waals surface area contributed by atoms with Crippen molar-refractivity contribution in [2.45, 2.75) is 6.04 Å². The highest BCUT2D eigenvalue weighted by Crippen LogP contribution is 2.40. The largest absolute Gasteiger partial charge is 0.489 e. The van der Waals surface area contributed by atoms with E-state index in [1.54, 1.807) is 13.3 Å². The highest BCUT2D eigenvalue weighted by atomic mass is 35.5. The minimum absolute atomic E-state index is 0.0811. The third-order valence-electron chi connectivity index (χ3n) is 6.45. The SMILES string of the molecule is C=CS(=O)(=O)N1CCN2c3ccc(Nc4ncc(Cl)c(Nc5ccccc5P(C)(C)=O)n4)cc3OC[C@H]2C1. The fourth-order valence-electron chi connectivity index (χ4n) is 4.57. The summed E-state index contributed by atoms with van der Waals surface area (Å²) in [7, 11) is -5.99. The summed E-state index contributed by atoms with van der Waals surface area (Å²) in [6.45, 7) is 8.50. The lowest BCUT2D eigenvalue weighted by Crippen LogP contribution is -2.58. The first-order valence-corrected chi connectivity index (χ1v) is 16.4. The van der Waals surface area contributed by atoms with E-state index in [1.165, 1.54) is 10.5 Å². The van der Waals surface area contributed by atoms with Gasteiger partial charge in [0.25, 0.3) is 0 Å². The van der Waals surface area contributed by atoms with Crippen LogP contribution in [0.25, 0.3) is 0 Å². The van der Waals surface area contributed by atoms with E-state index in [-0.39, 0.29) is 6.04 Å². The van der Waals surface area contributed by atoms with Gasteiger partial charge in [0.1, 0.15) is 24.5 Å². The van der Waals surface area contributed by atoms with Gasteiger partial charge in [0.05, 0.1) is 23.6 Å². The average molecular weight is 575 g/mol. The number of aromatic nitrogens is 2. The molecule has 1 fully saturated rings. The van der Waals surface area contributed by atoms with Crippen molar-refractivity contribution in [3.63, 3.8) is 0 Å². The molecular weight excluding hydrogens is 547 g/mol. The quantitative estimate of drug-likeness (QED) is 0.400. The van der Waals surface area contributed by atoms with Gasteiger partial charge >= 0.3 is 0 Å². The second-order valence-electron chi connectivity index (χ2n) is 9.42. The Kier molecular flexibility index (Phi) is 7.13. The second-order valence-corrected chi connectivity index (χ2v) is 14.9. The molecule has 10 nitrogen and oxygen atoms in total. The smallest absolute Gasteiger partial charge is 0.235 e. The number of ether oxygens (including phenoxy) is 1. The Labute approximate surface area is 227 Å². The summed E-state index contributed by atoms with van der Waals surface area (Å²) in [6, 6.07) is 13.0. The summed E-state index contributed by atoms with van der Waals surface area (Å²) in [5, 5.41) is 8.40. The predicted octanol–water partition coefficient (Wildman–Crippen LogP) is 4.22. The van der Waals surface area contributed by atoms with Gasteiger partial charge in [-0.25, -0.2) is 13.4 Å². The topological polar surface area (TPSA) is 117 Å². The van der Waals surface area contributed by atoms with E-state index in [4.69, 9.17) is 16.3 Å². The van der Waals surface area contributed by atoms with Gasteiger partial charge in [-0.2, -0.15) is 9.29 Å². The first-order chi connectivity index (χ1) is 18.0. The maximum atomic E-state index is 12.7. The number of nitrogens with one attached hydrogen (secondary N) is 2. The van der Waals surface area contributed by atoms with Crippen molar-refractivity contribution >= 4 is 62.9 Å². The number of hydrogen-bond acceptors (Lipinski definition) is 9. The number of anilines is 5. The first-order valence-electron chi connectivity index (χ1n) is 11.9. The van der Waals surface area contributed by atoms with Crippen molar-refractivity contribution in [3.8, 4) is 5.75 Å². The summed E-state index contributed by atoms with van der Waals surface area (Å²) < 4.78 is 44.6. The second kappa shape index (κ2) is 10.2. The Morgan fingerprint density at radius 1 is 1.18 bits per heavy atom. The molecule has 5 rings (SSSR count). The molecule has 0 amide bonds. The van der Waals surface area contributed by atoms with E-state index in [2.05, 4.69) is 32.1 Å². The number of sulfonamides is 1. The molecule has 0 spiro atoms. The molecule has 2 aliphatic heterocycles. The van der Waals surface area contributed by atoms with Crippen molar-refractivity contribution in [2.24, 2.45) is 0 Å². The molecule has 2 N–H and O–H groups in total. The molecule has 0 saturated carbocycles. The van der Waals surface area contributed by atoms with E-state index < -0.39 is 17.2 Å². The number of hydrogen-bond donors (Lipinski definition) is 2. The van der Waals surface area contributed by atoms with Crippen molar-refractivity contribution in [3.05, 3.63) is 65.7 Å². The zero-order chi connectivity index (χ0) is 27.1. The molecular formula is C25H28ClN6O4PS. The molecule has 2 aliphatic rings. The number of fused-ring (bicyclic) bond motifs is 3. The van der Waals surface area contributed by atoms with Crippen LogP contribution in [0.2, 0.25) is 5.02 Å². The number of para-hydroxylation sites is 1. The Bertz CT molecular complexity index is 1550. The minimum atomic E-state index is -3.46. The van der Waals surface area contributed by atoms with Gasteiger partial charge in [0, 0.05) is 42.1 Å². The Morgan fingerprint density at radius 2 is 1.97 bits per heavy atom. The van der Waals surface area contributed by atoms with Crippen LogP contribution in [0.3, 0.4) is 0 Å². The van der Waals surface area contributed by atoms with Gasteiger partial charge < -0.3 is 24.8 Å². The van der Waals surface area contributed by atoms with Gasteiger partial charge in [-0.1, -0.05) is 30.3 Å². The van der Waals surface area contributed by atoms with Gasteiger partial charge in [-0.15, -0.1) is 0 Å². The molecule has 0 unspecified atom stereocenters. The molecule has 2 aromatic carbocycles. The molecule has 200 valence electrons. The fourth-order valence-corrected chi connectivity index (χ4v) is 6.80. The molecule has 38 heavy (non-hydrogen) atoms. The molecule has 13 heteroatoms. The van der Waals surface area contributed by atoms with Crippen LogP contribution in [-0.2, 0) is 14.6 Å². The lowest BCUT2D eigenvalue weighted by molar-refractivity contribution is 0.216. The third kappa shape index (κ3) is 5.37. The Balaban J connectivity index is 1.34. The molecule has 1 saturated heterocycles. The zero-order valence-electron chi connectivity index (χ0n) is 21.0. The summed E-state index contributed by atoms with van der Waals surface area (Å²) in [6.07, 6.45) is 1.50. The molecule has 3 heterocycles. The standard InChI is InChI=1S/C25H28ClN6O4PS/c1-4-38(34,35)31-11-12-32-18(15-31)16-36-22-13-17(9-10-21(22)32)28-25-27-14-19(26)24(30-25)29-20-7-5-6-8-23(20)37(2,3)33/h4-10,13-14,18H,1,11-12,15-16H2,2-3H3,(H2,27,28,29,30)/t18-/m1/s1. The number of halogens is 1. The van der Waals surface area contributed by atoms with Crippen LogP contribution < -0.4 is 25.6 Å². The van der Waals surface area contributed by atoms with Crippen LogP contribution in [0, 0.1) is 0 Å². The van der Waals surface area contributed by atoms with Gasteiger partial charge in [-0.3, -0.25) is 0 Å². The lowest BCUT2D eigenvalue weighted by Gasteiger charge is -2.44. The van der Waals surface area contributed by atoms with Gasteiger partial charge in [0.2, 0.25) is 16.0 Å². The average Bonchev–Trinajstić information content (AvgIpc) is 2.89. The number of piperazine rings is 1. The molecule has 0 aliphatic carbocycles. The van der Waals surface area contributed by atoms with E-state index in [0.29, 0.717) is 59.8 Å². The van der Waals surface area contributed by atoms with Crippen molar-refractivity contribution in [1.82, 2.24) is 14.3 Å². The number of nitrogens with zero attached hydrogens (tertiary/aromatic N) is 4. The zero-order valence-corrected chi connectivity index (χ0v) is 23.4. The minimum Gasteiger partial charge on any atom is -0.489 e. The summed E-state index contributed by atoms with van der Waals surface area (Å²) in [5.41, 5.74) is 2.29. The van der Waals surface area contributed by atoms with Crippen LogP contribution in [0.15, 0.2) is 60.6 Å². The summed E-state index contributed by atoms with van der Waals surface area (Å²) in [4.78, 5) is 11.0. The van der Waals surface area contributed by atoms with Gasteiger partial charge in [-0.05, 0) is 37.6 Å².